The fraction of sp³-hybridized carbons (Fsp3) is 1.00. The molecule has 0 aliphatic carbocycles. The van der Waals surface area contributed by atoms with Crippen LogP contribution in [0.15, 0.2) is 0 Å². The number of aliphatic hydroxyl groups excluding tert-OH is 2. The lowest BCUT2D eigenvalue weighted by Gasteiger charge is -2.13. The van der Waals surface area contributed by atoms with Gasteiger partial charge in [-0.15, -0.1) is 0 Å². The Morgan fingerprint density at radius 2 is 2.11 bits per heavy atom. The van der Waals surface area contributed by atoms with Crippen LogP contribution in [0.3, 0.4) is 0 Å². The van der Waals surface area contributed by atoms with Crippen LogP contribution in [0.1, 0.15) is 20.3 Å². The summed E-state index contributed by atoms with van der Waals surface area (Å²) in [4.78, 5) is 0. The predicted molar refractivity (Wildman–Crippen MR) is 33.9 cm³/mol. The maximum atomic E-state index is 8.69. The van der Waals surface area contributed by atoms with Gasteiger partial charge >= 0.3 is 0 Å². The zero-order valence-corrected chi connectivity index (χ0v) is 5.87. The van der Waals surface area contributed by atoms with Gasteiger partial charge in [0, 0.05) is 0 Å². The molecule has 56 valence electrons. The zero-order chi connectivity index (χ0) is 7.28. The van der Waals surface area contributed by atoms with E-state index in [1.165, 1.54) is 0 Å². The van der Waals surface area contributed by atoms with Crippen LogP contribution in [0.5, 0.6) is 0 Å². The molecule has 0 fully saturated rings. The Balaban J connectivity index is 3.22. The van der Waals surface area contributed by atoms with Crippen LogP contribution in [0, 0.1) is 0 Å². The van der Waals surface area contributed by atoms with E-state index in [-0.39, 0.29) is 12.7 Å². The van der Waals surface area contributed by atoms with Gasteiger partial charge in [-0.05, 0) is 13.3 Å². The summed E-state index contributed by atoms with van der Waals surface area (Å²) in [5, 5.41) is 17.0. The molecule has 2 N–H and O–H groups in total. The van der Waals surface area contributed by atoms with Crippen LogP contribution in [-0.4, -0.2) is 29.2 Å². The van der Waals surface area contributed by atoms with Crippen molar-refractivity contribution in [1.82, 2.24) is 0 Å². The van der Waals surface area contributed by atoms with Gasteiger partial charge in [0.2, 0.25) is 0 Å². The second kappa shape index (κ2) is 4.73. The summed E-state index contributed by atoms with van der Waals surface area (Å²) in [6.07, 6.45) is -0.149. The Labute approximate surface area is 55.3 Å². The monoisotopic (exact) mass is 134 g/mol. The molecule has 2 unspecified atom stereocenters. The number of ether oxygens (including phenoxy) is 1. The zero-order valence-electron chi connectivity index (χ0n) is 5.87. The summed E-state index contributed by atoms with van der Waals surface area (Å²) in [6.45, 7) is 3.47. The topological polar surface area (TPSA) is 49.7 Å². The Morgan fingerprint density at radius 3 is 2.44 bits per heavy atom. The van der Waals surface area contributed by atoms with Gasteiger partial charge in [-0.1, -0.05) is 6.92 Å². The van der Waals surface area contributed by atoms with E-state index in [0.717, 1.165) is 6.42 Å². The van der Waals surface area contributed by atoms with Gasteiger partial charge in [0.25, 0.3) is 0 Å². The van der Waals surface area contributed by atoms with Gasteiger partial charge in [0.15, 0.2) is 6.29 Å². The summed E-state index contributed by atoms with van der Waals surface area (Å²) < 4.78 is 4.85. The highest BCUT2D eigenvalue weighted by atomic mass is 16.6. The van der Waals surface area contributed by atoms with Crippen molar-refractivity contribution in [1.29, 1.82) is 0 Å². The molecule has 3 nitrogen and oxygen atoms in total. The highest BCUT2D eigenvalue weighted by Crippen LogP contribution is 1.98. The van der Waals surface area contributed by atoms with Gasteiger partial charge in [0.1, 0.15) is 0 Å². The van der Waals surface area contributed by atoms with Crippen molar-refractivity contribution < 1.29 is 14.9 Å². The van der Waals surface area contributed by atoms with Crippen molar-refractivity contribution in [3.8, 4) is 0 Å². The second-order valence-electron chi connectivity index (χ2n) is 1.99. The third-order valence-corrected chi connectivity index (χ3v) is 1.12. The molecule has 2 atom stereocenters. The quantitative estimate of drug-likeness (QED) is 0.536. The molecule has 0 aliphatic rings. The lowest BCUT2D eigenvalue weighted by molar-refractivity contribution is -0.151. The summed E-state index contributed by atoms with van der Waals surface area (Å²) in [7, 11) is 0. The van der Waals surface area contributed by atoms with Gasteiger partial charge in [-0.2, -0.15) is 0 Å². The molecular formula is C6H14O3. The standard InChI is InChI=1S/C6H14O3/c1-3-5(2)9-6(8)4-7/h5-8H,3-4H2,1-2H3. The lowest BCUT2D eigenvalue weighted by Crippen LogP contribution is -2.22. The number of hydrogen-bond acceptors (Lipinski definition) is 3. The second-order valence-corrected chi connectivity index (χ2v) is 1.99. The first-order valence-electron chi connectivity index (χ1n) is 3.15. The molecule has 0 saturated carbocycles. The van der Waals surface area contributed by atoms with Gasteiger partial charge in [0.05, 0.1) is 12.7 Å². The minimum Gasteiger partial charge on any atom is -0.391 e. The van der Waals surface area contributed by atoms with E-state index in [1.807, 2.05) is 13.8 Å². The number of hydrogen-bond donors (Lipinski definition) is 2. The minimum atomic E-state index is -1.01. The van der Waals surface area contributed by atoms with E-state index < -0.39 is 6.29 Å². The molecule has 0 aliphatic heterocycles. The van der Waals surface area contributed by atoms with E-state index in [1.54, 1.807) is 0 Å². The van der Waals surface area contributed by atoms with Gasteiger partial charge in [-0.3, -0.25) is 0 Å². The van der Waals surface area contributed by atoms with Crippen LogP contribution in [0.25, 0.3) is 0 Å². The molecule has 0 aromatic heterocycles. The van der Waals surface area contributed by atoms with E-state index in [2.05, 4.69) is 0 Å². The van der Waals surface area contributed by atoms with Crippen molar-refractivity contribution in [2.24, 2.45) is 0 Å². The first-order chi connectivity index (χ1) is 4.20. The molecule has 0 heterocycles. The van der Waals surface area contributed by atoms with Crippen LogP contribution in [0.4, 0.5) is 0 Å². The third-order valence-electron chi connectivity index (χ3n) is 1.12. The van der Waals surface area contributed by atoms with Crippen molar-refractivity contribution in [2.45, 2.75) is 32.7 Å². The van der Waals surface area contributed by atoms with Crippen LogP contribution in [-0.2, 0) is 4.74 Å². The van der Waals surface area contributed by atoms with Gasteiger partial charge < -0.3 is 14.9 Å². The molecular weight excluding hydrogens is 120 g/mol. The van der Waals surface area contributed by atoms with Crippen LogP contribution < -0.4 is 0 Å². The van der Waals surface area contributed by atoms with Gasteiger partial charge in [-0.25, -0.2) is 0 Å². The van der Waals surface area contributed by atoms with Crippen LogP contribution >= 0.6 is 0 Å². The van der Waals surface area contributed by atoms with E-state index in [4.69, 9.17) is 14.9 Å². The van der Waals surface area contributed by atoms with Crippen molar-refractivity contribution >= 4 is 0 Å². The Kier molecular flexibility index (Phi) is 4.67. The molecule has 0 rings (SSSR count). The first-order valence-corrected chi connectivity index (χ1v) is 3.15. The molecule has 0 radical (unpaired) electrons. The van der Waals surface area contributed by atoms with E-state index >= 15 is 0 Å². The molecule has 0 aromatic carbocycles. The Bertz CT molecular complexity index is 57.3. The normalized spacial score (nSPS) is 17.3. The third kappa shape index (κ3) is 4.39. The maximum Gasteiger partial charge on any atom is 0.178 e. The Morgan fingerprint density at radius 1 is 1.56 bits per heavy atom. The van der Waals surface area contributed by atoms with Crippen molar-refractivity contribution in [3.63, 3.8) is 0 Å². The highest BCUT2D eigenvalue weighted by molar-refractivity contribution is 4.45. The van der Waals surface area contributed by atoms with Crippen molar-refractivity contribution in [3.05, 3.63) is 0 Å². The fourth-order valence-corrected chi connectivity index (χ4v) is 0.407. The Hall–Kier alpha value is -0.120. The fourth-order valence-electron chi connectivity index (χ4n) is 0.407. The minimum absolute atomic E-state index is 0.0205. The largest absolute Gasteiger partial charge is 0.391 e. The molecule has 0 amide bonds. The summed E-state index contributed by atoms with van der Waals surface area (Å²) in [6, 6.07) is 0. The van der Waals surface area contributed by atoms with E-state index in [0.29, 0.717) is 0 Å². The maximum absolute atomic E-state index is 8.69. The lowest BCUT2D eigenvalue weighted by atomic mass is 10.3. The van der Waals surface area contributed by atoms with Crippen LogP contribution in [0.2, 0.25) is 0 Å². The molecule has 3 heteroatoms. The summed E-state index contributed by atoms with van der Waals surface area (Å²) in [5.74, 6) is 0. The average molecular weight is 134 g/mol. The molecule has 0 spiro atoms. The first kappa shape index (κ1) is 8.88. The number of rotatable bonds is 4. The molecule has 9 heavy (non-hydrogen) atoms. The predicted octanol–water partition coefficient (Wildman–Crippen LogP) is 0.112. The SMILES string of the molecule is CCC(C)OC(O)CO. The van der Waals surface area contributed by atoms with Crippen molar-refractivity contribution in [2.75, 3.05) is 6.61 Å². The molecule has 0 aromatic rings. The molecule has 0 saturated heterocycles. The smallest absolute Gasteiger partial charge is 0.178 e. The number of aliphatic hydroxyl groups is 2. The average Bonchev–Trinajstić information content (AvgIpc) is 1.87. The highest BCUT2D eigenvalue weighted by Gasteiger charge is 2.05. The summed E-state index contributed by atoms with van der Waals surface area (Å²) >= 11 is 0. The molecule has 0 bridgehead atoms. The van der Waals surface area contributed by atoms with E-state index in [9.17, 15) is 0 Å². The summed E-state index contributed by atoms with van der Waals surface area (Å²) in [5.41, 5.74) is 0.